The van der Waals surface area contributed by atoms with Crippen LogP contribution in [0.25, 0.3) is 101 Å². The number of nitrogens with zero attached hydrogens (tertiary/aromatic N) is 3. The van der Waals surface area contributed by atoms with Crippen molar-refractivity contribution in [1.29, 1.82) is 0 Å². The van der Waals surface area contributed by atoms with Gasteiger partial charge in [-0.05, 0) is 52.7 Å². The Hall–Kier alpha value is -5.88. The highest BCUT2D eigenvalue weighted by Gasteiger charge is 2.22. The summed E-state index contributed by atoms with van der Waals surface area (Å²) < 4.78 is 7.26. The lowest BCUT2D eigenvalue weighted by Gasteiger charge is -2.13. The highest BCUT2D eigenvalue weighted by Crippen LogP contribution is 2.44. The van der Waals surface area contributed by atoms with E-state index in [0.717, 1.165) is 43.5 Å². The van der Waals surface area contributed by atoms with Crippen LogP contribution in [0.15, 0.2) is 152 Å². The van der Waals surface area contributed by atoms with Crippen molar-refractivity contribution in [3.63, 3.8) is 0 Å². The first-order valence-electron chi connectivity index (χ1n) is 16.4. The maximum absolute atomic E-state index is 5.47. The van der Waals surface area contributed by atoms with Gasteiger partial charge in [-0.1, -0.05) is 115 Å². The molecule has 0 atom stereocenters. The molecule has 5 heteroatoms. The summed E-state index contributed by atoms with van der Waals surface area (Å²) in [6.07, 6.45) is 0. The van der Waals surface area contributed by atoms with E-state index in [1.165, 1.54) is 52.0 Å². The molecule has 0 spiro atoms. The van der Waals surface area contributed by atoms with Gasteiger partial charge in [-0.15, -0.1) is 22.7 Å². The van der Waals surface area contributed by atoms with Crippen LogP contribution in [0.4, 0.5) is 0 Å². The largest absolute Gasteiger partial charge is 0.277 e. The van der Waals surface area contributed by atoms with Crippen LogP contribution in [0.1, 0.15) is 0 Å². The fraction of sp³-hybridized carbons (Fsp3) is 0. The predicted molar refractivity (Wildman–Crippen MR) is 211 cm³/mol. The minimum atomic E-state index is 0.680. The van der Waals surface area contributed by atoms with Crippen LogP contribution in [0.3, 0.4) is 0 Å². The topological polar surface area (TPSA) is 30.7 Å². The predicted octanol–water partition coefficient (Wildman–Crippen LogP) is 12.8. The molecule has 0 radical (unpaired) electrons. The molecular formula is C44H25N3S2. The minimum Gasteiger partial charge on any atom is -0.277 e. The first-order valence-corrected chi connectivity index (χ1v) is 18.0. The standard InChI is InChI=1S/C44H25N3S2/c1-2-11-26(12-3-1)40-43-41(33-16-7-9-20-38(33)49-43)46-44(45-40)47-36-25-28-14-5-4-13-27(28)23-34(36)32-18-10-17-30(42(32)47)29-21-22-39-35(24-29)31-15-6-8-19-37(31)48-39/h1-25H. The summed E-state index contributed by atoms with van der Waals surface area (Å²) in [4.78, 5) is 10.9. The summed E-state index contributed by atoms with van der Waals surface area (Å²) in [6.45, 7) is 0. The molecule has 0 bridgehead atoms. The molecule has 11 aromatic rings. The molecular weight excluding hydrogens is 635 g/mol. The molecule has 0 aliphatic rings. The third kappa shape index (κ3) is 4.00. The van der Waals surface area contributed by atoms with Crippen LogP contribution in [0.2, 0.25) is 0 Å². The average Bonchev–Trinajstić information content (AvgIpc) is 3.83. The highest BCUT2D eigenvalue weighted by atomic mass is 32.1. The van der Waals surface area contributed by atoms with Gasteiger partial charge in [0.2, 0.25) is 5.95 Å². The lowest BCUT2D eigenvalue weighted by molar-refractivity contribution is 1.02. The lowest BCUT2D eigenvalue weighted by atomic mass is 9.99. The summed E-state index contributed by atoms with van der Waals surface area (Å²) in [5.41, 5.74) is 7.59. The second-order valence-corrected chi connectivity index (χ2v) is 14.7. The summed E-state index contributed by atoms with van der Waals surface area (Å²) in [5.74, 6) is 0.680. The van der Waals surface area contributed by atoms with E-state index >= 15 is 0 Å². The molecule has 0 fully saturated rings. The van der Waals surface area contributed by atoms with Gasteiger partial charge in [0.15, 0.2) is 0 Å². The molecule has 0 unspecified atom stereocenters. The second-order valence-electron chi connectivity index (χ2n) is 12.6. The van der Waals surface area contributed by atoms with Gasteiger partial charge in [0, 0.05) is 52.2 Å². The van der Waals surface area contributed by atoms with Crippen LogP contribution in [-0.2, 0) is 0 Å². The van der Waals surface area contributed by atoms with Gasteiger partial charge in [-0.2, -0.15) is 0 Å². The number of hydrogen-bond acceptors (Lipinski definition) is 4. The Morgan fingerprint density at radius 2 is 1.14 bits per heavy atom. The number of rotatable bonds is 3. The molecule has 0 saturated carbocycles. The number of hydrogen-bond donors (Lipinski definition) is 0. The Morgan fingerprint density at radius 3 is 2.00 bits per heavy atom. The van der Waals surface area contributed by atoms with E-state index in [0.29, 0.717) is 5.95 Å². The van der Waals surface area contributed by atoms with Crippen LogP contribution in [0, 0.1) is 0 Å². The SMILES string of the molecule is c1ccc(-c2nc(-n3c4cc5ccccc5cc4c4cccc(-c5ccc6sc7ccccc7c6c5)c43)nc3c2sc2ccccc23)cc1. The van der Waals surface area contributed by atoms with Gasteiger partial charge >= 0.3 is 0 Å². The third-order valence-corrected chi connectivity index (χ3v) is 12.1. The Bertz CT molecular complexity index is 3110. The van der Waals surface area contributed by atoms with E-state index < -0.39 is 0 Å². The van der Waals surface area contributed by atoms with Crippen LogP contribution in [0.5, 0.6) is 0 Å². The van der Waals surface area contributed by atoms with Crippen LogP contribution >= 0.6 is 22.7 Å². The molecule has 0 N–H and O–H groups in total. The van der Waals surface area contributed by atoms with E-state index in [-0.39, 0.29) is 0 Å². The van der Waals surface area contributed by atoms with Crippen molar-refractivity contribution in [3.05, 3.63) is 152 Å². The summed E-state index contributed by atoms with van der Waals surface area (Å²) in [5, 5.41) is 8.54. The van der Waals surface area contributed by atoms with Gasteiger partial charge in [0.05, 0.1) is 26.9 Å². The van der Waals surface area contributed by atoms with Gasteiger partial charge in [-0.25, -0.2) is 9.97 Å². The summed E-state index contributed by atoms with van der Waals surface area (Å²) in [7, 11) is 0. The molecule has 228 valence electrons. The molecule has 0 saturated heterocycles. The zero-order chi connectivity index (χ0) is 32.1. The van der Waals surface area contributed by atoms with Crippen LogP contribution < -0.4 is 0 Å². The lowest BCUT2D eigenvalue weighted by Crippen LogP contribution is -2.03. The Kier molecular flexibility index (Phi) is 5.70. The van der Waals surface area contributed by atoms with E-state index in [1.54, 1.807) is 11.3 Å². The zero-order valence-corrected chi connectivity index (χ0v) is 27.7. The minimum absolute atomic E-state index is 0.680. The van der Waals surface area contributed by atoms with E-state index in [9.17, 15) is 0 Å². The first-order chi connectivity index (χ1) is 24.3. The Morgan fingerprint density at radius 1 is 0.449 bits per heavy atom. The van der Waals surface area contributed by atoms with E-state index in [4.69, 9.17) is 9.97 Å². The smallest absolute Gasteiger partial charge is 0.235 e. The van der Waals surface area contributed by atoms with Crippen molar-refractivity contribution >= 4 is 95.7 Å². The number of aromatic nitrogens is 3. The molecule has 0 amide bonds. The molecule has 11 rings (SSSR count). The molecule has 7 aromatic carbocycles. The number of thiophene rings is 2. The monoisotopic (exact) mass is 659 g/mol. The number of para-hydroxylation sites is 1. The van der Waals surface area contributed by atoms with Crippen molar-refractivity contribution in [2.45, 2.75) is 0 Å². The van der Waals surface area contributed by atoms with Crippen molar-refractivity contribution in [2.24, 2.45) is 0 Å². The van der Waals surface area contributed by atoms with Crippen LogP contribution in [-0.4, -0.2) is 14.5 Å². The maximum atomic E-state index is 5.47. The van der Waals surface area contributed by atoms with E-state index in [1.807, 2.05) is 11.3 Å². The number of fused-ring (bicyclic) bond motifs is 10. The van der Waals surface area contributed by atoms with Gasteiger partial charge in [0.25, 0.3) is 0 Å². The fourth-order valence-corrected chi connectivity index (χ4v) is 9.80. The zero-order valence-electron chi connectivity index (χ0n) is 26.1. The highest BCUT2D eigenvalue weighted by molar-refractivity contribution is 7.26. The molecule has 0 aliphatic heterocycles. The molecule has 49 heavy (non-hydrogen) atoms. The van der Waals surface area contributed by atoms with Crippen molar-refractivity contribution in [3.8, 4) is 28.3 Å². The Labute approximate surface area is 289 Å². The second kappa shape index (κ2) is 10.3. The van der Waals surface area contributed by atoms with Crippen molar-refractivity contribution < 1.29 is 0 Å². The first kappa shape index (κ1) is 27.1. The number of benzene rings is 7. The van der Waals surface area contributed by atoms with E-state index in [2.05, 4.69) is 156 Å². The van der Waals surface area contributed by atoms with Gasteiger partial charge in [-0.3, -0.25) is 4.57 Å². The molecule has 3 nitrogen and oxygen atoms in total. The molecule has 0 aliphatic carbocycles. The Balaban J connectivity index is 1.30. The molecule has 4 aromatic heterocycles. The maximum Gasteiger partial charge on any atom is 0.235 e. The average molecular weight is 660 g/mol. The van der Waals surface area contributed by atoms with Gasteiger partial charge in [0.1, 0.15) is 0 Å². The van der Waals surface area contributed by atoms with Crippen molar-refractivity contribution in [1.82, 2.24) is 14.5 Å². The summed E-state index contributed by atoms with van der Waals surface area (Å²) >= 11 is 3.62. The van der Waals surface area contributed by atoms with Gasteiger partial charge < -0.3 is 0 Å². The normalized spacial score (nSPS) is 12.1. The molecule has 4 heterocycles. The van der Waals surface area contributed by atoms with Crippen molar-refractivity contribution in [2.75, 3.05) is 0 Å². The summed E-state index contributed by atoms with van der Waals surface area (Å²) in [6, 6.07) is 54.7. The quantitative estimate of drug-likeness (QED) is 0.189. The third-order valence-electron chi connectivity index (χ3n) is 9.80. The fourth-order valence-electron chi connectivity index (χ4n) is 7.56.